The maximum absolute atomic E-state index is 12.4. The Morgan fingerprint density at radius 1 is 1.16 bits per heavy atom. The molecular formula is C19H24N2O4. The van der Waals surface area contributed by atoms with E-state index in [1.54, 1.807) is 0 Å². The number of aryl methyl sites for hydroxylation is 3. The van der Waals surface area contributed by atoms with Gasteiger partial charge < -0.3 is 9.64 Å². The Hall–Kier alpha value is -2.37. The zero-order valence-corrected chi connectivity index (χ0v) is 14.8. The van der Waals surface area contributed by atoms with E-state index in [1.807, 2.05) is 4.90 Å². The number of likely N-dealkylation sites (tertiary alicyclic amines) is 1. The topological polar surface area (TPSA) is 66.9 Å². The van der Waals surface area contributed by atoms with E-state index in [0.717, 1.165) is 6.42 Å². The lowest BCUT2D eigenvalue weighted by molar-refractivity contribution is -0.133. The first-order valence-corrected chi connectivity index (χ1v) is 8.78. The quantitative estimate of drug-likeness (QED) is 0.840. The van der Waals surface area contributed by atoms with Gasteiger partial charge in [-0.05, 0) is 49.8 Å². The van der Waals surface area contributed by atoms with Crippen molar-refractivity contribution in [3.8, 4) is 0 Å². The third kappa shape index (κ3) is 3.83. The lowest BCUT2D eigenvalue weighted by Crippen LogP contribution is -2.48. The second-order valence-electron chi connectivity index (χ2n) is 6.85. The van der Waals surface area contributed by atoms with Crippen molar-refractivity contribution in [1.29, 1.82) is 0 Å². The van der Waals surface area contributed by atoms with Gasteiger partial charge in [0.05, 0.1) is 0 Å². The van der Waals surface area contributed by atoms with Crippen molar-refractivity contribution in [3.63, 3.8) is 0 Å². The highest BCUT2D eigenvalue weighted by molar-refractivity contribution is 5.98. The normalized spacial score (nSPS) is 18.6. The molecule has 2 saturated heterocycles. The molecule has 2 heterocycles. The Morgan fingerprint density at radius 3 is 2.48 bits per heavy atom. The van der Waals surface area contributed by atoms with Crippen LogP contribution in [0.5, 0.6) is 0 Å². The highest BCUT2D eigenvalue weighted by atomic mass is 16.6. The van der Waals surface area contributed by atoms with Crippen LogP contribution in [-0.2, 0) is 20.7 Å². The molecule has 3 amide bonds. The highest BCUT2D eigenvalue weighted by Gasteiger charge is 2.38. The fourth-order valence-electron chi connectivity index (χ4n) is 3.46. The minimum Gasteiger partial charge on any atom is -0.439 e. The predicted octanol–water partition coefficient (Wildman–Crippen LogP) is 2.21. The third-order valence-electron chi connectivity index (χ3n) is 5.17. The van der Waals surface area contributed by atoms with E-state index in [1.165, 1.54) is 21.6 Å². The van der Waals surface area contributed by atoms with Crippen LogP contribution in [0.15, 0.2) is 18.2 Å². The van der Waals surface area contributed by atoms with Crippen LogP contribution in [0.25, 0.3) is 0 Å². The van der Waals surface area contributed by atoms with E-state index >= 15 is 0 Å². The van der Waals surface area contributed by atoms with Crippen molar-refractivity contribution in [2.75, 3.05) is 19.7 Å². The molecule has 2 aliphatic rings. The van der Waals surface area contributed by atoms with Gasteiger partial charge in [0, 0.05) is 25.6 Å². The number of ether oxygens (including phenoxy) is 1. The minimum atomic E-state index is -0.551. The summed E-state index contributed by atoms with van der Waals surface area (Å²) in [6.07, 6.45) is 1.91. The van der Waals surface area contributed by atoms with E-state index < -0.39 is 6.09 Å². The van der Waals surface area contributed by atoms with Crippen molar-refractivity contribution in [2.45, 2.75) is 45.6 Å². The smallest absolute Gasteiger partial charge is 0.417 e. The minimum absolute atomic E-state index is 0.131. The largest absolute Gasteiger partial charge is 0.439 e. The Labute approximate surface area is 147 Å². The van der Waals surface area contributed by atoms with Gasteiger partial charge >= 0.3 is 6.09 Å². The van der Waals surface area contributed by atoms with Gasteiger partial charge in [-0.3, -0.25) is 9.59 Å². The summed E-state index contributed by atoms with van der Waals surface area (Å²) in [6.45, 7) is 5.15. The molecule has 0 atom stereocenters. The van der Waals surface area contributed by atoms with Gasteiger partial charge in [-0.1, -0.05) is 18.2 Å². The molecule has 0 spiro atoms. The number of hydrogen-bond donors (Lipinski definition) is 0. The number of cyclic esters (lactones) is 1. The second kappa shape index (κ2) is 7.25. The van der Waals surface area contributed by atoms with Gasteiger partial charge in [0.15, 0.2) is 6.61 Å². The summed E-state index contributed by atoms with van der Waals surface area (Å²) in [7, 11) is 0. The molecule has 1 aromatic rings. The van der Waals surface area contributed by atoms with Crippen LogP contribution in [-0.4, -0.2) is 53.4 Å². The van der Waals surface area contributed by atoms with Gasteiger partial charge in [0.1, 0.15) is 0 Å². The van der Waals surface area contributed by atoms with E-state index in [9.17, 15) is 14.4 Å². The maximum atomic E-state index is 12.4. The Balaban J connectivity index is 1.49. The van der Waals surface area contributed by atoms with Crippen LogP contribution in [0, 0.1) is 13.8 Å². The number of piperidine rings is 1. The first-order valence-electron chi connectivity index (χ1n) is 8.78. The van der Waals surface area contributed by atoms with Crippen molar-refractivity contribution >= 4 is 17.9 Å². The summed E-state index contributed by atoms with van der Waals surface area (Å²) in [5.41, 5.74) is 3.68. The number of carbonyl (C=O) groups excluding carboxylic acids is 3. The third-order valence-corrected chi connectivity index (χ3v) is 5.17. The van der Waals surface area contributed by atoms with Crippen molar-refractivity contribution < 1.29 is 19.1 Å². The van der Waals surface area contributed by atoms with Crippen molar-refractivity contribution in [3.05, 3.63) is 34.9 Å². The zero-order valence-electron chi connectivity index (χ0n) is 14.8. The van der Waals surface area contributed by atoms with Gasteiger partial charge in [-0.2, -0.15) is 0 Å². The molecule has 0 unspecified atom stereocenters. The summed E-state index contributed by atoms with van der Waals surface area (Å²) in [6, 6.07) is 6.16. The summed E-state index contributed by atoms with van der Waals surface area (Å²) >= 11 is 0. The van der Waals surface area contributed by atoms with Crippen LogP contribution < -0.4 is 0 Å². The first-order chi connectivity index (χ1) is 12.0. The first kappa shape index (κ1) is 17.5. The Bertz CT molecular complexity index is 677. The molecule has 0 saturated carbocycles. The molecule has 6 heteroatoms. The number of hydrogen-bond acceptors (Lipinski definition) is 4. The molecule has 0 aromatic heterocycles. The molecule has 6 nitrogen and oxygen atoms in total. The second-order valence-corrected chi connectivity index (χ2v) is 6.85. The van der Waals surface area contributed by atoms with E-state index in [2.05, 4.69) is 32.0 Å². The molecule has 2 aliphatic heterocycles. The van der Waals surface area contributed by atoms with Crippen LogP contribution in [0.2, 0.25) is 0 Å². The molecule has 1 aromatic carbocycles. The number of carbonyl (C=O) groups is 3. The van der Waals surface area contributed by atoms with Crippen molar-refractivity contribution in [1.82, 2.24) is 9.80 Å². The molecule has 25 heavy (non-hydrogen) atoms. The standard InChI is InChI=1S/C19H24N2O4/c1-13-3-4-15(11-14(13)2)5-6-17(22)20-9-7-16(8-10-20)21-18(23)12-25-19(21)24/h3-4,11,16H,5-10,12H2,1-2H3. The van der Waals surface area contributed by atoms with Gasteiger partial charge in [0.2, 0.25) is 5.91 Å². The lowest BCUT2D eigenvalue weighted by atomic mass is 10.0. The van der Waals surface area contributed by atoms with Crippen LogP contribution in [0.1, 0.15) is 36.0 Å². The average molecular weight is 344 g/mol. The summed E-state index contributed by atoms with van der Waals surface area (Å²) < 4.78 is 4.77. The fourth-order valence-corrected chi connectivity index (χ4v) is 3.46. The monoisotopic (exact) mass is 344 g/mol. The molecule has 134 valence electrons. The molecule has 0 bridgehead atoms. The average Bonchev–Trinajstić information content (AvgIpc) is 2.94. The van der Waals surface area contributed by atoms with E-state index in [-0.39, 0.29) is 24.5 Å². The number of benzene rings is 1. The Morgan fingerprint density at radius 2 is 1.88 bits per heavy atom. The predicted molar refractivity (Wildman–Crippen MR) is 92.0 cm³/mol. The molecule has 0 aliphatic carbocycles. The van der Waals surface area contributed by atoms with E-state index in [0.29, 0.717) is 32.4 Å². The molecular weight excluding hydrogens is 320 g/mol. The van der Waals surface area contributed by atoms with Crippen LogP contribution in [0.3, 0.4) is 0 Å². The van der Waals surface area contributed by atoms with Gasteiger partial charge in [-0.25, -0.2) is 9.69 Å². The summed E-state index contributed by atoms with van der Waals surface area (Å²) in [5.74, 6) is -0.142. The molecule has 3 rings (SSSR count). The fraction of sp³-hybridized carbons (Fsp3) is 0.526. The summed E-state index contributed by atoms with van der Waals surface area (Å²) in [4.78, 5) is 38.8. The van der Waals surface area contributed by atoms with Crippen LogP contribution >= 0.6 is 0 Å². The number of imide groups is 1. The molecule has 2 fully saturated rings. The summed E-state index contributed by atoms with van der Waals surface area (Å²) in [5, 5.41) is 0. The zero-order chi connectivity index (χ0) is 18.0. The highest BCUT2D eigenvalue weighted by Crippen LogP contribution is 2.21. The SMILES string of the molecule is Cc1ccc(CCC(=O)N2CCC(N3C(=O)COC3=O)CC2)cc1C. The maximum Gasteiger partial charge on any atom is 0.417 e. The molecule has 0 radical (unpaired) electrons. The van der Waals surface area contributed by atoms with Crippen LogP contribution in [0.4, 0.5) is 4.79 Å². The lowest BCUT2D eigenvalue weighted by Gasteiger charge is -2.34. The van der Waals surface area contributed by atoms with Gasteiger partial charge in [-0.15, -0.1) is 0 Å². The van der Waals surface area contributed by atoms with Crippen molar-refractivity contribution in [2.24, 2.45) is 0 Å². The number of nitrogens with zero attached hydrogens (tertiary/aromatic N) is 2. The number of rotatable bonds is 4. The van der Waals surface area contributed by atoms with Gasteiger partial charge in [0.25, 0.3) is 5.91 Å². The Kier molecular flexibility index (Phi) is 5.06. The number of amides is 3. The van der Waals surface area contributed by atoms with E-state index in [4.69, 9.17) is 4.74 Å². The molecule has 0 N–H and O–H groups in total.